The van der Waals surface area contributed by atoms with Crippen LogP contribution < -0.4 is 5.43 Å². The van der Waals surface area contributed by atoms with Gasteiger partial charge in [-0.05, 0) is 12.1 Å². The highest BCUT2D eigenvalue weighted by Crippen LogP contribution is 2.15. The lowest BCUT2D eigenvalue weighted by molar-refractivity contribution is 0.109. The van der Waals surface area contributed by atoms with Crippen molar-refractivity contribution in [3.63, 3.8) is 0 Å². The maximum atomic E-state index is 12.1. The molecule has 1 aromatic carbocycles. The Kier molecular flexibility index (Phi) is 1.86. The summed E-state index contributed by atoms with van der Waals surface area (Å²) in [4.78, 5) is 15.4. The number of para-hydroxylation sites is 1. The van der Waals surface area contributed by atoms with Gasteiger partial charge in [0.25, 0.3) is 0 Å². The fraction of sp³-hybridized carbons (Fsp3) is 0.250. The van der Waals surface area contributed by atoms with Crippen LogP contribution in [0.1, 0.15) is 11.3 Å². The van der Waals surface area contributed by atoms with Gasteiger partial charge >= 0.3 is 0 Å². The fourth-order valence-electron chi connectivity index (χ4n) is 2.04. The first kappa shape index (κ1) is 8.68. The first-order valence-corrected chi connectivity index (χ1v) is 5.07. The number of rotatable bonds is 0. The molecule has 0 spiro atoms. The summed E-state index contributed by atoms with van der Waals surface area (Å²) in [5, 5.41) is 0.752. The van der Waals surface area contributed by atoms with Crippen molar-refractivity contribution in [2.75, 3.05) is 6.61 Å². The molecule has 0 amide bonds. The van der Waals surface area contributed by atoms with Gasteiger partial charge in [-0.1, -0.05) is 12.1 Å². The average molecular weight is 201 g/mol. The SMILES string of the molecule is O=c1c2c([nH]c3ccccc13)CCOC2. The van der Waals surface area contributed by atoms with E-state index in [-0.39, 0.29) is 5.43 Å². The molecule has 0 aliphatic carbocycles. The van der Waals surface area contributed by atoms with Gasteiger partial charge in [-0.3, -0.25) is 4.79 Å². The van der Waals surface area contributed by atoms with Gasteiger partial charge in [-0.2, -0.15) is 0 Å². The summed E-state index contributed by atoms with van der Waals surface area (Å²) in [5.74, 6) is 0. The summed E-state index contributed by atoms with van der Waals surface area (Å²) in [6.07, 6.45) is 0.801. The number of pyridine rings is 1. The van der Waals surface area contributed by atoms with E-state index in [0.717, 1.165) is 28.6 Å². The van der Waals surface area contributed by atoms with Crippen LogP contribution in [-0.2, 0) is 17.8 Å². The second kappa shape index (κ2) is 3.21. The molecule has 3 nitrogen and oxygen atoms in total. The predicted octanol–water partition coefficient (Wildman–Crippen LogP) is 1.60. The van der Waals surface area contributed by atoms with Crippen LogP contribution in [0, 0.1) is 0 Å². The monoisotopic (exact) mass is 201 g/mol. The molecular weight excluding hydrogens is 190 g/mol. The Labute approximate surface area is 86.7 Å². The third kappa shape index (κ3) is 1.27. The summed E-state index contributed by atoms with van der Waals surface area (Å²) in [6.45, 7) is 1.14. The van der Waals surface area contributed by atoms with Crippen LogP contribution in [-0.4, -0.2) is 11.6 Å². The number of fused-ring (bicyclic) bond motifs is 2. The zero-order chi connectivity index (χ0) is 10.3. The van der Waals surface area contributed by atoms with Gasteiger partial charge in [-0.15, -0.1) is 0 Å². The molecule has 0 unspecified atom stereocenters. The normalized spacial score (nSPS) is 15.2. The van der Waals surface area contributed by atoms with Crippen molar-refractivity contribution in [2.45, 2.75) is 13.0 Å². The van der Waals surface area contributed by atoms with Gasteiger partial charge in [0, 0.05) is 28.6 Å². The van der Waals surface area contributed by atoms with Crippen LogP contribution in [0.15, 0.2) is 29.1 Å². The Morgan fingerprint density at radius 1 is 1.27 bits per heavy atom. The highest BCUT2D eigenvalue weighted by Gasteiger charge is 2.15. The van der Waals surface area contributed by atoms with Crippen LogP contribution in [0.25, 0.3) is 10.9 Å². The molecule has 0 atom stereocenters. The number of aromatic nitrogens is 1. The topological polar surface area (TPSA) is 42.1 Å². The molecule has 1 aliphatic heterocycles. The maximum absolute atomic E-state index is 12.1. The first-order chi connectivity index (χ1) is 7.36. The highest BCUT2D eigenvalue weighted by molar-refractivity contribution is 5.79. The summed E-state index contributed by atoms with van der Waals surface area (Å²) in [5.41, 5.74) is 2.85. The molecule has 0 bridgehead atoms. The highest BCUT2D eigenvalue weighted by atomic mass is 16.5. The number of benzene rings is 1. The summed E-state index contributed by atoms with van der Waals surface area (Å²) in [6, 6.07) is 7.60. The van der Waals surface area contributed by atoms with Crippen molar-refractivity contribution in [1.82, 2.24) is 4.98 Å². The predicted molar refractivity (Wildman–Crippen MR) is 57.9 cm³/mol. The van der Waals surface area contributed by atoms with Gasteiger partial charge < -0.3 is 9.72 Å². The van der Waals surface area contributed by atoms with Gasteiger partial charge in [0.05, 0.1) is 13.2 Å². The second-order valence-electron chi connectivity index (χ2n) is 3.76. The van der Waals surface area contributed by atoms with Crippen LogP contribution in [0.4, 0.5) is 0 Å². The zero-order valence-electron chi connectivity index (χ0n) is 8.25. The Morgan fingerprint density at radius 3 is 3.07 bits per heavy atom. The van der Waals surface area contributed by atoms with E-state index in [1.165, 1.54) is 0 Å². The Morgan fingerprint density at radius 2 is 2.13 bits per heavy atom. The third-order valence-electron chi connectivity index (χ3n) is 2.84. The van der Waals surface area contributed by atoms with Crippen molar-refractivity contribution in [3.05, 3.63) is 45.7 Å². The Hall–Kier alpha value is -1.61. The molecule has 3 rings (SSSR count). The lowest BCUT2D eigenvalue weighted by Gasteiger charge is -2.16. The maximum Gasteiger partial charge on any atom is 0.195 e. The van der Waals surface area contributed by atoms with Gasteiger partial charge in [0.15, 0.2) is 5.43 Å². The Balaban J connectivity index is 2.41. The third-order valence-corrected chi connectivity index (χ3v) is 2.84. The molecule has 0 saturated heterocycles. The molecule has 1 aliphatic rings. The average Bonchev–Trinajstić information content (AvgIpc) is 2.30. The largest absolute Gasteiger partial charge is 0.376 e. The Bertz CT molecular complexity index is 571. The van der Waals surface area contributed by atoms with E-state index in [1.54, 1.807) is 0 Å². The van der Waals surface area contributed by atoms with E-state index in [4.69, 9.17) is 4.74 Å². The molecule has 2 aromatic rings. The molecule has 3 heteroatoms. The smallest absolute Gasteiger partial charge is 0.195 e. The van der Waals surface area contributed by atoms with Crippen LogP contribution in [0.5, 0.6) is 0 Å². The standard InChI is InChI=1S/C12H11NO2/c14-12-8-3-1-2-4-10(8)13-11-5-6-15-7-9(11)12/h1-4H,5-7H2,(H,13,14). The second-order valence-corrected chi connectivity index (χ2v) is 3.76. The van der Waals surface area contributed by atoms with Crippen molar-refractivity contribution in [3.8, 4) is 0 Å². The molecule has 0 fully saturated rings. The molecule has 0 saturated carbocycles. The summed E-state index contributed by atoms with van der Waals surface area (Å²) >= 11 is 0. The molecule has 2 heterocycles. The minimum Gasteiger partial charge on any atom is -0.376 e. The van der Waals surface area contributed by atoms with Crippen LogP contribution >= 0.6 is 0 Å². The van der Waals surface area contributed by atoms with E-state index >= 15 is 0 Å². The van der Waals surface area contributed by atoms with Crippen LogP contribution in [0.2, 0.25) is 0 Å². The van der Waals surface area contributed by atoms with Crippen molar-refractivity contribution >= 4 is 10.9 Å². The number of ether oxygens (including phenoxy) is 1. The van der Waals surface area contributed by atoms with Crippen molar-refractivity contribution in [2.24, 2.45) is 0 Å². The first-order valence-electron chi connectivity index (χ1n) is 5.07. The number of aromatic amines is 1. The molecular formula is C12H11NO2. The minimum absolute atomic E-state index is 0.110. The molecule has 76 valence electrons. The number of hydrogen-bond acceptors (Lipinski definition) is 2. The van der Waals surface area contributed by atoms with E-state index in [2.05, 4.69) is 4.98 Å². The van der Waals surface area contributed by atoms with Crippen LogP contribution in [0.3, 0.4) is 0 Å². The van der Waals surface area contributed by atoms with Gasteiger partial charge in [-0.25, -0.2) is 0 Å². The summed E-state index contributed by atoms with van der Waals surface area (Å²) < 4.78 is 5.31. The van der Waals surface area contributed by atoms with Crippen molar-refractivity contribution < 1.29 is 4.74 Å². The number of nitrogens with one attached hydrogen (secondary N) is 1. The number of hydrogen-bond donors (Lipinski definition) is 1. The van der Waals surface area contributed by atoms with E-state index in [1.807, 2.05) is 24.3 Å². The van der Waals surface area contributed by atoms with E-state index in [0.29, 0.717) is 13.2 Å². The van der Waals surface area contributed by atoms with Gasteiger partial charge in [0.2, 0.25) is 0 Å². The number of H-pyrrole nitrogens is 1. The molecule has 15 heavy (non-hydrogen) atoms. The van der Waals surface area contributed by atoms with Gasteiger partial charge in [0.1, 0.15) is 0 Å². The summed E-state index contributed by atoms with van der Waals surface area (Å²) in [7, 11) is 0. The quantitative estimate of drug-likeness (QED) is 0.703. The fourth-order valence-corrected chi connectivity index (χ4v) is 2.04. The zero-order valence-corrected chi connectivity index (χ0v) is 8.25. The lowest BCUT2D eigenvalue weighted by atomic mass is 10.1. The van der Waals surface area contributed by atoms with Crippen molar-refractivity contribution in [1.29, 1.82) is 0 Å². The molecule has 1 aromatic heterocycles. The van der Waals surface area contributed by atoms with E-state index < -0.39 is 0 Å². The molecule has 0 radical (unpaired) electrons. The minimum atomic E-state index is 0.110. The van der Waals surface area contributed by atoms with E-state index in [9.17, 15) is 4.79 Å². The lowest BCUT2D eigenvalue weighted by Crippen LogP contribution is -2.21. The molecule has 1 N–H and O–H groups in total.